The third kappa shape index (κ3) is 5.22. The van der Waals surface area contributed by atoms with Crippen molar-refractivity contribution in [2.75, 3.05) is 10.6 Å². The fourth-order valence-corrected chi connectivity index (χ4v) is 2.96. The summed E-state index contributed by atoms with van der Waals surface area (Å²) < 4.78 is 0. The molecule has 1 aliphatic rings. The summed E-state index contributed by atoms with van der Waals surface area (Å²) in [5.74, 6) is -1.70. The van der Waals surface area contributed by atoms with Gasteiger partial charge >= 0.3 is 5.97 Å². The molecule has 0 spiro atoms. The minimum atomic E-state index is -1.18. The van der Waals surface area contributed by atoms with Crippen molar-refractivity contribution < 1.29 is 14.7 Å². The first kappa shape index (κ1) is 18.8. The Kier molecular flexibility index (Phi) is 6.42. The standard InChI is InChI=1S/C19H21ClN2O3/c1-3-13-5-4-6-16(12(13)2)22-17-8-7-14(11-15(17)20)21-18(23)9-10-19(24)25/h3,7-11,22H,4-6H2,1-2H3,(H,21,23)(H,24,25)/b10-9-,13-3?. The number of carboxylic acid groups (broad SMARTS) is 1. The molecule has 0 aromatic heterocycles. The van der Waals surface area contributed by atoms with E-state index in [1.807, 2.05) is 6.92 Å². The minimum Gasteiger partial charge on any atom is -0.478 e. The predicted octanol–water partition coefficient (Wildman–Crippen LogP) is 4.74. The molecule has 1 aromatic carbocycles. The van der Waals surface area contributed by atoms with Crippen molar-refractivity contribution in [3.05, 3.63) is 58.3 Å². The maximum absolute atomic E-state index is 11.6. The van der Waals surface area contributed by atoms with Gasteiger partial charge in [0, 0.05) is 23.5 Å². The molecule has 132 valence electrons. The number of carbonyl (C=O) groups excluding carboxylic acids is 1. The smallest absolute Gasteiger partial charge is 0.328 e. The highest BCUT2D eigenvalue weighted by Gasteiger charge is 2.14. The van der Waals surface area contributed by atoms with Crippen LogP contribution in [-0.4, -0.2) is 17.0 Å². The lowest BCUT2D eigenvalue weighted by molar-refractivity contribution is -0.131. The number of aliphatic carboxylic acids is 1. The maximum atomic E-state index is 11.6. The molecule has 5 nitrogen and oxygen atoms in total. The number of halogens is 1. The van der Waals surface area contributed by atoms with Crippen molar-refractivity contribution in [2.24, 2.45) is 0 Å². The Bertz CT molecular complexity index is 779. The van der Waals surface area contributed by atoms with Crippen molar-refractivity contribution in [3.63, 3.8) is 0 Å². The van der Waals surface area contributed by atoms with Gasteiger partial charge in [-0.25, -0.2) is 4.79 Å². The number of rotatable bonds is 5. The number of allylic oxidation sites excluding steroid dienone is 4. The third-order valence-electron chi connectivity index (χ3n) is 4.06. The number of benzene rings is 1. The van der Waals surface area contributed by atoms with Gasteiger partial charge in [-0.3, -0.25) is 4.79 Å². The summed E-state index contributed by atoms with van der Waals surface area (Å²) in [7, 11) is 0. The molecule has 0 aliphatic heterocycles. The van der Waals surface area contributed by atoms with Crippen LogP contribution in [0.5, 0.6) is 0 Å². The first-order valence-electron chi connectivity index (χ1n) is 8.04. The quantitative estimate of drug-likeness (QED) is 0.663. The van der Waals surface area contributed by atoms with Gasteiger partial charge in [-0.15, -0.1) is 0 Å². The highest BCUT2D eigenvalue weighted by atomic mass is 35.5. The van der Waals surface area contributed by atoms with Crippen LogP contribution < -0.4 is 10.6 Å². The van der Waals surface area contributed by atoms with Gasteiger partial charge in [0.05, 0.1) is 10.7 Å². The zero-order valence-electron chi connectivity index (χ0n) is 14.2. The van der Waals surface area contributed by atoms with Crippen LogP contribution in [-0.2, 0) is 9.59 Å². The Morgan fingerprint density at radius 2 is 2.00 bits per heavy atom. The summed E-state index contributed by atoms with van der Waals surface area (Å²) in [6.07, 6.45) is 7.04. The predicted molar refractivity (Wildman–Crippen MR) is 101 cm³/mol. The summed E-state index contributed by atoms with van der Waals surface area (Å²) in [6, 6.07) is 5.14. The Labute approximate surface area is 152 Å². The van der Waals surface area contributed by atoms with E-state index in [-0.39, 0.29) is 0 Å². The number of hydrogen-bond acceptors (Lipinski definition) is 3. The van der Waals surface area contributed by atoms with E-state index in [0.29, 0.717) is 10.7 Å². The van der Waals surface area contributed by atoms with E-state index in [1.165, 1.54) is 11.1 Å². The number of nitrogens with one attached hydrogen (secondary N) is 2. The Balaban J connectivity index is 2.12. The fourth-order valence-electron chi connectivity index (χ4n) is 2.73. The van der Waals surface area contributed by atoms with Gasteiger partial charge in [-0.2, -0.15) is 0 Å². The summed E-state index contributed by atoms with van der Waals surface area (Å²) in [4.78, 5) is 22.0. The van der Waals surface area contributed by atoms with Crippen LogP contribution in [0.4, 0.5) is 11.4 Å². The normalized spacial score (nSPS) is 16.4. The van der Waals surface area contributed by atoms with Gasteiger partial charge in [0.1, 0.15) is 0 Å². The molecule has 0 atom stereocenters. The number of carboxylic acids is 1. The van der Waals surface area contributed by atoms with E-state index >= 15 is 0 Å². The second-order valence-electron chi connectivity index (χ2n) is 5.75. The monoisotopic (exact) mass is 360 g/mol. The van der Waals surface area contributed by atoms with Crippen molar-refractivity contribution in [2.45, 2.75) is 33.1 Å². The summed E-state index contributed by atoms with van der Waals surface area (Å²) in [5.41, 5.74) is 5.02. The SMILES string of the molecule is CC=C1CCCC(Nc2ccc(NC(=O)/C=C\C(=O)O)cc2Cl)=C1C. The Morgan fingerprint density at radius 3 is 2.64 bits per heavy atom. The molecule has 0 saturated heterocycles. The van der Waals surface area contributed by atoms with Crippen LogP contribution in [0.1, 0.15) is 33.1 Å². The molecule has 0 saturated carbocycles. The molecule has 0 bridgehead atoms. The Hall–Kier alpha value is -2.53. The lowest BCUT2D eigenvalue weighted by Crippen LogP contribution is -2.10. The Morgan fingerprint density at radius 1 is 1.24 bits per heavy atom. The van der Waals surface area contributed by atoms with E-state index in [4.69, 9.17) is 16.7 Å². The largest absolute Gasteiger partial charge is 0.478 e. The van der Waals surface area contributed by atoms with Crippen LogP contribution in [0.15, 0.2) is 53.3 Å². The van der Waals surface area contributed by atoms with Gasteiger partial charge in [-0.05, 0) is 62.5 Å². The van der Waals surface area contributed by atoms with Gasteiger partial charge in [0.15, 0.2) is 0 Å². The van der Waals surface area contributed by atoms with Gasteiger partial charge in [0.25, 0.3) is 0 Å². The van der Waals surface area contributed by atoms with E-state index in [1.54, 1.807) is 18.2 Å². The topological polar surface area (TPSA) is 78.4 Å². The van der Waals surface area contributed by atoms with Crippen molar-refractivity contribution in [1.82, 2.24) is 0 Å². The van der Waals surface area contributed by atoms with Crippen LogP contribution in [0.3, 0.4) is 0 Å². The van der Waals surface area contributed by atoms with E-state index < -0.39 is 11.9 Å². The summed E-state index contributed by atoms with van der Waals surface area (Å²) >= 11 is 6.31. The van der Waals surface area contributed by atoms with Gasteiger partial charge < -0.3 is 15.7 Å². The van der Waals surface area contributed by atoms with Crippen molar-refractivity contribution >= 4 is 34.9 Å². The van der Waals surface area contributed by atoms with Crippen molar-refractivity contribution in [3.8, 4) is 0 Å². The van der Waals surface area contributed by atoms with Gasteiger partial charge in [-0.1, -0.05) is 17.7 Å². The van der Waals surface area contributed by atoms with Crippen LogP contribution in [0, 0.1) is 0 Å². The molecule has 2 rings (SSSR count). The van der Waals surface area contributed by atoms with Crippen LogP contribution in [0.25, 0.3) is 0 Å². The molecule has 1 aromatic rings. The average Bonchev–Trinajstić information content (AvgIpc) is 2.57. The molecule has 0 heterocycles. The highest BCUT2D eigenvalue weighted by molar-refractivity contribution is 6.33. The first-order valence-corrected chi connectivity index (χ1v) is 8.42. The molecule has 6 heteroatoms. The number of carbonyl (C=O) groups is 2. The van der Waals surface area contributed by atoms with E-state index in [0.717, 1.165) is 42.8 Å². The van der Waals surface area contributed by atoms with E-state index in [9.17, 15) is 9.59 Å². The molecule has 1 aliphatic carbocycles. The highest BCUT2D eigenvalue weighted by Crippen LogP contribution is 2.33. The number of amides is 1. The molecular formula is C19H21ClN2O3. The summed E-state index contributed by atoms with van der Waals surface area (Å²) in [6.45, 7) is 4.15. The molecule has 1 amide bonds. The number of anilines is 2. The molecule has 25 heavy (non-hydrogen) atoms. The molecule has 0 radical (unpaired) electrons. The molecular weight excluding hydrogens is 340 g/mol. The second kappa shape index (κ2) is 8.53. The number of hydrogen-bond donors (Lipinski definition) is 3. The second-order valence-corrected chi connectivity index (χ2v) is 6.16. The van der Waals surface area contributed by atoms with Gasteiger partial charge in [0.2, 0.25) is 5.91 Å². The maximum Gasteiger partial charge on any atom is 0.328 e. The van der Waals surface area contributed by atoms with Crippen molar-refractivity contribution in [1.29, 1.82) is 0 Å². The molecule has 0 fully saturated rings. The fraction of sp³-hybridized carbons (Fsp3) is 0.263. The zero-order valence-corrected chi connectivity index (χ0v) is 15.0. The lowest BCUT2D eigenvalue weighted by Gasteiger charge is -2.22. The minimum absolute atomic E-state index is 0.480. The van der Waals surface area contributed by atoms with Crippen LogP contribution >= 0.6 is 11.6 Å². The third-order valence-corrected chi connectivity index (χ3v) is 4.37. The molecule has 3 N–H and O–H groups in total. The zero-order chi connectivity index (χ0) is 18.4. The lowest BCUT2D eigenvalue weighted by atomic mass is 9.91. The summed E-state index contributed by atoms with van der Waals surface area (Å²) in [5, 5.41) is 15.0. The van der Waals surface area contributed by atoms with Crippen LogP contribution in [0.2, 0.25) is 5.02 Å². The average molecular weight is 361 g/mol. The first-order chi connectivity index (χ1) is 11.9. The van der Waals surface area contributed by atoms with E-state index in [2.05, 4.69) is 23.6 Å². The molecule has 0 unspecified atom stereocenters.